The standard InChI is InChI=1S/C15H18N4O2/c1-15(2,3)14-18-11-8-19(5-4-12(11)21-14)13(20)10-6-16-9-17-7-10/h6-7,9H,4-5,8H2,1-3H3. The van der Waals surface area contributed by atoms with Crippen molar-refractivity contribution in [2.24, 2.45) is 0 Å². The number of fused-ring (bicyclic) bond motifs is 1. The van der Waals surface area contributed by atoms with Gasteiger partial charge in [-0.3, -0.25) is 4.79 Å². The maximum absolute atomic E-state index is 12.4. The van der Waals surface area contributed by atoms with Gasteiger partial charge < -0.3 is 9.32 Å². The van der Waals surface area contributed by atoms with E-state index in [-0.39, 0.29) is 11.3 Å². The van der Waals surface area contributed by atoms with E-state index in [0.717, 1.165) is 17.3 Å². The van der Waals surface area contributed by atoms with Crippen LogP contribution in [-0.4, -0.2) is 32.3 Å². The highest BCUT2D eigenvalue weighted by Crippen LogP contribution is 2.27. The normalized spacial score (nSPS) is 14.9. The van der Waals surface area contributed by atoms with Crippen LogP contribution in [0.4, 0.5) is 0 Å². The van der Waals surface area contributed by atoms with Crippen LogP contribution in [0.1, 0.15) is 48.5 Å². The van der Waals surface area contributed by atoms with Crippen LogP contribution in [0, 0.1) is 0 Å². The van der Waals surface area contributed by atoms with Crippen LogP contribution in [0.15, 0.2) is 23.1 Å². The monoisotopic (exact) mass is 286 g/mol. The minimum Gasteiger partial charge on any atom is -0.445 e. The number of rotatable bonds is 1. The van der Waals surface area contributed by atoms with E-state index < -0.39 is 0 Å². The molecule has 0 aliphatic carbocycles. The van der Waals surface area contributed by atoms with E-state index in [0.29, 0.717) is 25.1 Å². The van der Waals surface area contributed by atoms with E-state index >= 15 is 0 Å². The second-order valence-electron chi connectivity index (χ2n) is 6.24. The van der Waals surface area contributed by atoms with Crippen LogP contribution in [0.3, 0.4) is 0 Å². The predicted octanol–water partition coefficient (Wildman–Crippen LogP) is 1.96. The lowest BCUT2D eigenvalue weighted by atomic mass is 9.97. The first-order valence-corrected chi connectivity index (χ1v) is 6.98. The van der Waals surface area contributed by atoms with Crippen molar-refractivity contribution in [3.05, 3.63) is 41.6 Å². The number of nitrogens with zero attached hydrogens (tertiary/aromatic N) is 4. The van der Waals surface area contributed by atoms with Gasteiger partial charge in [-0.1, -0.05) is 20.8 Å². The SMILES string of the molecule is CC(C)(C)c1nc2c(o1)CCN(C(=O)c1cncnc1)C2. The number of hydrogen-bond acceptors (Lipinski definition) is 5. The third kappa shape index (κ3) is 2.66. The molecule has 0 N–H and O–H groups in total. The fourth-order valence-corrected chi connectivity index (χ4v) is 2.28. The third-order valence-corrected chi connectivity index (χ3v) is 3.46. The zero-order valence-corrected chi connectivity index (χ0v) is 12.5. The summed E-state index contributed by atoms with van der Waals surface area (Å²) < 4.78 is 5.83. The summed E-state index contributed by atoms with van der Waals surface area (Å²) in [4.78, 5) is 26.5. The molecular formula is C15H18N4O2. The lowest BCUT2D eigenvalue weighted by molar-refractivity contribution is 0.0727. The Hall–Kier alpha value is -2.24. The van der Waals surface area contributed by atoms with Gasteiger partial charge in [0.05, 0.1) is 12.1 Å². The van der Waals surface area contributed by atoms with E-state index in [1.54, 1.807) is 4.90 Å². The Kier molecular flexibility index (Phi) is 3.23. The summed E-state index contributed by atoms with van der Waals surface area (Å²) in [5.41, 5.74) is 1.23. The van der Waals surface area contributed by atoms with Crippen molar-refractivity contribution in [2.75, 3.05) is 6.54 Å². The van der Waals surface area contributed by atoms with Gasteiger partial charge in [0.2, 0.25) is 0 Å². The molecule has 1 aliphatic heterocycles. The first-order chi connectivity index (χ1) is 9.95. The molecule has 1 aliphatic rings. The average Bonchev–Trinajstić information content (AvgIpc) is 2.90. The number of carbonyl (C=O) groups excluding carboxylic acids is 1. The molecule has 2 aromatic heterocycles. The summed E-state index contributed by atoms with van der Waals surface area (Å²) in [5, 5.41) is 0. The zero-order valence-electron chi connectivity index (χ0n) is 12.5. The number of hydrogen-bond donors (Lipinski definition) is 0. The highest BCUT2D eigenvalue weighted by molar-refractivity contribution is 5.93. The van der Waals surface area contributed by atoms with Crippen LogP contribution in [0.25, 0.3) is 0 Å². The minimum absolute atomic E-state index is 0.0680. The van der Waals surface area contributed by atoms with Gasteiger partial charge in [0.1, 0.15) is 17.8 Å². The molecule has 0 unspecified atom stereocenters. The molecule has 6 heteroatoms. The summed E-state index contributed by atoms with van der Waals surface area (Å²) >= 11 is 0. The quantitative estimate of drug-likeness (QED) is 0.801. The molecule has 110 valence electrons. The summed E-state index contributed by atoms with van der Waals surface area (Å²) in [6.07, 6.45) is 5.18. The Balaban J connectivity index is 1.82. The maximum Gasteiger partial charge on any atom is 0.257 e. The molecule has 2 aromatic rings. The van der Waals surface area contributed by atoms with Gasteiger partial charge in [-0.2, -0.15) is 0 Å². The van der Waals surface area contributed by atoms with Gasteiger partial charge in [0, 0.05) is 30.8 Å². The van der Waals surface area contributed by atoms with E-state index in [4.69, 9.17) is 4.42 Å². The lowest BCUT2D eigenvalue weighted by Gasteiger charge is -2.25. The molecule has 0 radical (unpaired) electrons. The Morgan fingerprint density at radius 1 is 1.29 bits per heavy atom. The smallest absolute Gasteiger partial charge is 0.257 e. The predicted molar refractivity (Wildman–Crippen MR) is 75.7 cm³/mol. The number of aromatic nitrogens is 3. The van der Waals surface area contributed by atoms with Crippen molar-refractivity contribution in [2.45, 2.75) is 39.2 Å². The van der Waals surface area contributed by atoms with Crippen LogP contribution in [0.2, 0.25) is 0 Å². The summed E-state index contributed by atoms with van der Waals surface area (Å²) in [6.45, 7) is 7.29. The van der Waals surface area contributed by atoms with E-state index in [2.05, 4.69) is 35.7 Å². The maximum atomic E-state index is 12.4. The molecule has 0 saturated carbocycles. The molecule has 0 aromatic carbocycles. The summed E-state index contributed by atoms with van der Waals surface area (Å²) in [7, 11) is 0. The highest BCUT2D eigenvalue weighted by Gasteiger charge is 2.29. The van der Waals surface area contributed by atoms with Crippen molar-refractivity contribution in [1.82, 2.24) is 19.9 Å². The lowest BCUT2D eigenvalue weighted by Crippen LogP contribution is -2.35. The molecule has 21 heavy (non-hydrogen) atoms. The summed E-state index contributed by atoms with van der Waals surface area (Å²) in [6, 6.07) is 0. The van der Waals surface area contributed by atoms with E-state index in [1.165, 1.54) is 18.7 Å². The summed E-state index contributed by atoms with van der Waals surface area (Å²) in [5.74, 6) is 1.56. The number of carbonyl (C=O) groups is 1. The first-order valence-electron chi connectivity index (χ1n) is 6.98. The molecule has 0 spiro atoms. The van der Waals surface area contributed by atoms with Gasteiger partial charge in [-0.15, -0.1) is 0 Å². The largest absolute Gasteiger partial charge is 0.445 e. The van der Waals surface area contributed by atoms with E-state index in [9.17, 15) is 4.79 Å². The van der Waals surface area contributed by atoms with Gasteiger partial charge >= 0.3 is 0 Å². The average molecular weight is 286 g/mol. The highest BCUT2D eigenvalue weighted by atomic mass is 16.4. The van der Waals surface area contributed by atoms with Crippen LogP contribution < -0.4 is 0 Å². The fraction of sp³-hybridized carbons (Fsp3) is 0.467. The Morgan fingerprint density at radius 2 is 2.00 bits per heavy atom. The molecule has 6 nitrogen and oxygen atoms in total. The molecule has 0 saturated heterocycles. The molecule has 3 rings (SSSR count). The number of oxazole rings is 1. The second-order valence-corrected chi connectivity index (χ2v) is 6.24. The number of amides is 1. The van der Waals surface area contributed by atoms with Crippen LogP contribution in [-0.2, 0) is 18.4 Å². The van der Waals surface area contributed by atoms with Crippen molar-refractivity contribution in [3.63, 3.8) is 0 Å². The van der Waals surface area contributed by atoms with Crippen LogP contribution in [0.5, 0.6) is 0 Å². The van der Waals surface area contributed by atoms with Gasteiger partial charge in [-0.25, -0.2) is 15.0 Å². The second kappa shape index (κ2) is 4.95. The van der Waals surface area contributed by atoms with Gasteiger partial charge in [0.25, 0.3) is 5.91 Å². The van der Waals surface area contributed by atoms with Crippen molar-refractivity contribution in [3.8, 4) is 0 Å². The Labute approximate surface area is 123 Å². The first kappa shape index (κ1) is 13.7. The fourth-order valence-electron chi connectivity index (χ4n) is 2.28. The Bertz CT molecular complexity index is 658. The minimum atomic E-state index is -0.126. The Morgan fingerprint density at radius 3 is 2.67 bits per heavy atom. The van der Waals surface area contributed by atoms with Crippen LogP contribution >= 0.6 is 0 Å². The molecule has 3 heterocycles. The molecular weight excluding hydrogens is 268 g/mol. The van der Waals surface area contributed by atoms with Crippen molar-refractivity contribution in [1.29, 1.82) is 0 Å². The third-order valence-electron chi connectivity index (χ3n) is 3.46. The molecule has 1 amide bonds. The van der Waals surface area contributed by atoms with Crippen molar-refractivity contribution >= 4 is 5.91 Å². The zero-order chi connectivity index (χ0) is 15.0. The molecule has 0 bridgehead atoms. The van der Waals surface area contributed by atoms with E-state index in [1.807, 2.05) is 0 Å². The topological polar surface area (TPSA) is 72.1 Å². The van der Waals surface area contributed by atoms with Crippen molar-refractivity contribution < 1.29 is 9.21 Å². The van der Waals surface area contributed by atoms with Gasteiger partial charge in [0.15, 0.2) is 5.89 Å². The molecule has 0 fully saturated rings. The van der Waals surface area contributed by atoms with Gasteiger partial charge in [-0.05, 0) is 0 Å². The molecule has 0 atom stereocenters.